The van der Waals surface area contributed by atoms with Gasteiger partial charge in [-0.1, -0.05) is 32.0 Å². The molecule has 1 aliphatic rings. The summed E-state index contributed by atoms with van der Waals surface area (Å²) in [5.41, 5.74) is 2.41. The summed E-state index contributed by atoms with van der Waals surface area (Å²) in [6.45, 7) is 3.47. The molecule has 6 heteroatoms. The summed E-state index contributed by atoms with van der Waals surface area (Å²) < 4.78 is 5.52. The fourth-order valence-electron chi connectivity index (χ4n) is 3.54. The molecule has 2 N–H and O–H groups in total. The molecule has 1 unspecified atom stereocenters. The lowest BCUT2D eigenvalue weighted by molar-refractivity contribution is -0.119. The maximum absolute atomic E-state index is 12.9. The molecule has 0 aliphatic carbocycles. The van der Waals surface area contributed by atoms with Crippen molar-refractivity contribution in [3.05, 3.63) is 90.1 Å². The Bertz CT molecular complexity index is 1080. The molecule has 152 valence electrons. The Labute approximate surface area is 174 Å². The van der Waals surface area contributed by atoms with Crippen molar-refractivity contribution in [3.63, 3.8) is 0 Å². The van der Waals surface area contributed by atoms with Crippen molar-refractivity contribution in [2.75, 3.05) is 10.2 Å². The average molecular weight is 402 g/mol. The number of carbonyl (C=O) groups excluding carboxylic acids is 2. The third-order valence-corrected chi connectivity index (χ3v) is 5.02. The van der Waals surface area contributed by atoms with Gasteiger partial charge < -0.3 is 14.8 Å². The van der Waals surface area contributed by atoms with Crippen molar-refractivity contribution in [3.8, 4) is 0 Å². The maximum atomic E-state index is 12.9. The minimum Gasteiger partial charge on any atom is -0.503 e. The number of aliphatic hydroxyl groups excluding tert-OH is 1. The number of rotatable bonds is 6. The summed E-state index contributed by atoms with van der Waals surface area (Å²) >= 11 is 0. The van der Waals surface area contributed by atoms with E-state index in [1.54, 1.807) is 38.1 Å². The van der Waals surface area contributed by atoms with Gasteiger partial charge in [0.25, 0.3) is 5.91 Å². The lowest BCUT2D eigenvalue weighted by Crippen LogP contribution is -2.31. The molecule has 0 fully saturated rings. The first-order chi connectivity index (χ1) is 14.5. The molecule has 2 heterocycles. The highest BCUT2D eigenvalue weighted by molar-refractivity contribution is 6.16. The minimum absolute atomic E-state index is 0.0661. The van der Waals surface area contributed by atoms with Crippen LogP contribution in [0.5, 0.6) is 0 Å². The highest BCUT2D eigenvalue weighted by Gasteiger charge is 2.46. The number of nitrogens with one attached hydrogen (secondary N) is 1. The largest absolute Gasteiger partial charge is 0.503 e. The molecule has 30 heavy (non-hydrogen) atoms. The van der Waals surface area contributed by atoms with Crippen LogP contribution >= 0.6 is 0 Å². The van der Waals surface area contributed by atoms with Crippen LogP contribution in [-0.4, -0.2) is 16.8 Å². The monoisotopic (exact) mass is 402 g/mol. The molecule has 1 amide bonds. The maximum Gasteiger partial charge on any atom is 0.294 e. The number of nitrogens with zero attached hydrogens (tertiary/aromatic N) is 1. The Balaban J connectivity index is 1.69. The van der Waals surface area contributed by atoms with E-state index in [0.29, 0.717) is 11.4 Å². The summed E-state index contributed by atoms with van der Waals surface area (Å²) in [5, 5.41) is 13.8. The van der Waals surface area contributed by atoms with Gasteiger partial charge in [0.2, 0.25) is 0 Å². The molecule has 1 aliphatic heterocycles. The summed E-state index contributed by atoms with van der Waals surface area (Å²) in [4.78, 5) is 27.1. The van der Waals surface area contributed by atoms with E-state index < -0.39 is 17.7 Å². The third-order valence-electron chi connectivity index (χ3n) is 5.02. The Morgan fingerprint density at radius 1 is 1.00 bits per heavy atom. The second kappa shape index (κ2) is 7.91. The molecule has 0 spiro atoms. The van der Waals surface area contributed by atoms with Crippen molar-refractivity contribution in [1.82, 2.24) is 0 Å². The Morgan fingerprint density at radius 2 is 1.67 bits per heavy atom. The van der Waals surface area contributed by atoms with Crippen LogP contribution in [0.25, 0.3) is 0 Å². The zero-order valence-corrected chi connectivity index (χ0v) is 16.7. The number of Topliss-reactive ketones (excluding diaryl/α,β-unsaturated/α-hetero) is 1. The van der Waals surface area contributed by atoms with E-state index in [2.05, 4.69) is 5.32 Å². The van der Waals surface area contributed by atoms with Gasteiger partial charge in [0.15, 0.2) is 11.5 Å². The first-order valence-corrected chi connectivity index (χ1v) is 9.74. The van der Waals surface area contributed by atoms with Gasteiger partial charge in [-0.3, -0.25) is 14.5 Å². The van der Waals surface area contributed by atoms with Gasteiger partial charge in [-0.15, -0.1) is 0 Å². The molecular weight excluding hydrogens is 380 g/mol. The number of benzene rings is 2. The molecule has 4 rings (SSSR count). The second-order valence-corrected chi connectivity index (χ2v) is 7.41. The van der Waals surface area contributed by atoms with Crippen LogP contribution in [0.4, 0.5) is 17.1 Å². The zero-order valence-electron chi connectivity index (χ0n) is 16.7. The average Bonchev–Trinajstić information content (AvgIpc) is 3.36. The lowest BCUT2D eigenvalue weighted by Gasteiger charge is -2.25. The number of hydrogen-bond acceptors (Lipinski definition) is 5. The van der Waals surface area contributed by atoms with E-state index in [4.69, 9.17) is 4.42 Å². The Hall–Kier alpha value is -3.80. The van der Waals surface area contributed by atoms with Gasteiger partial charge in [-0.25, -0.2) is 0 Å². The lowest BCUT2D eigenvalue weighted by atomic mass is 9.94. The topological polar surface area (TPSA) is 82.8 Å². The van der Waals surface area contributed by atoms with E-state index >= 15 is 0 Å². The van der Waals surface area contributed by atoms with Gasteiger partial charge in [-0.05, 0) is 48.5 Å². The molecule has 6 nitrogen and oxygen atoms in total. The van der Waals surface area contributed by atoms with E-state index in [1.807, 2.05) is 42.5 Å². The second-order valence-electron chi connectivity index (χ2n) is 7.41. The summed E-state index contributed by atoms with van der Waals surface area (Å²) in [6.07, 6.45) is 1.48. The van der Waals surface area contributed by atoms with Crippen LogP contribution in [0.1, 0.15) is 25.6 Å². The first kappa shape index (κ1) is 19.5. The number of amides is 1. The molecular formula is C24H22N2O4. The molecule has 0 saturated heterocycles. The minimum atomic E-state index is -0.810. The number of anilines is 3. The van der Waals surface area contributed by atoms with Gasteiger partial charge >= 0.3 is 0 Å². The Kier molecular flexibility index (Phi) is 5.14. The van der Waals surface area contributed by atoms with Gasteiger partial charge in [0.05, 0.1) is 11.8 Å². The number of para-hydroxylation sites is 1. The molecule has 0 radical (unpaired) electrons. The van der Waals surface area contributed by atoms with Crippen LogP contribution in [0.15, 0.2) is 88.7 Å². The van der Waals surface area contributed by atoms with Crippen LogP contribution in [0.3, 0.4) is 0 Å². The van der Waals surface area contributed by atoms with Crippen LogP contribution in [0.2, 0.25) is 0 Å². The predicted octanol–water partition coefficient (Wildman–Crippen LogP) is 5.15. The molecule has 1 aromatic heterocycles. The Morgan fingerprint density at radius 3 is 2.27 bits per heavy atom. The van der Waals surface area contributed by atoms with Crippen molar-refractivity contribution < 1.29 is 19.1 Å². The van der Waals surface area contributed by atoms with E-state index in [9.17, 15) is 14.7 Å². The van der Waals surface area contributed by atoms with Crippen LogP contribution in [0, 0.1) is 5.92 Å². The number of furan rings is 1. The zero-order chi connectivity index (χ0) is 21.3. The normalized spacial score (nSPS) is 16.4. The van der Waals surface area contributed by atoms with Gasteiger partial charge in [-0.2, -0.15) is 0 Å². The van der Waals surface area contributed by atoms with Gasteiger partial charge in [0, 0.05) is 23.0 Å². The fourth-order valence-corrected chi connectivity index (χ4v) is 3.54. The fraction of sp³-hybridized carbons (Fsp3) is 0.167. The third kappa shape index (κ3) is 3.48. The molecule has 1 atom stereocenters. The summed E-state index contributed by atoms with van der Waals surface area (Å²) in [6, 6.07) is 19.5. The van der Waals surface area contributed by atoms with Crippen molar-refractivity contribution in [2.45, 2.75) is 19.9 Å². The van der Waals surface area contributed by atoms with Crippen LogP contribution < -0.4 is 10.2 Å². The predicted molar refractivity (Wildman–Crippen MR) is 115 cm³/mol. The molecule has 0 saturated carbocycles. The number of carbonyl (C=O) groups is 2. The summed E-state index contributed by atoms with van der Waals surface area (Å²) in [5.74, 6) is -1.38. The number of hydrogen-bond donors (Lipinski definition) is 2. The van der Waals surface area contributed by atoms with E-state index in [0.717, 1.165) is 11.4 Å². The smallest absolute Gasteiger partial charge is 0.294 e. The molecule has 3 aromatic rings. The SMILES string of the molecule is CC(C)C(=O)C1=C(O)C(=O)N(c2ccc(Nc3ccccc3)cc2)C1c1ccco1. The van der Waals surface area contributed by atoms with Crippen LogP contribution in [-0.2, 0) is 9.59 Å². The summed E-state index contributed by atoms with van der Waals surface area (Å²) in [7, 11) is 0. The quantitative estimate of drug-likeness (QED) is 0.596. The molecule has 2 aromatic carbocycles. The first-order valence-electron chi connectivity index (χ1n) is 9.74. The highest BCUT2D eigenvalue weighted by Crippen LogP contribution is 2.42. The van der Waals surface area contributed by atoms with Crippen molar-refractivity contribution >= 4 is 28.8 Å². The van der Waals surface area contributed by atoms with E-state index in [-0.39, 0.29) is 17.3 Å². The molecule has 0 bridgehead atoms. The van der Waals surface area contributed by atoms with Crippen molar-refractivity contribution in [1.29, 1.82) is 0 Å². The van der Waals surface area contributed by atoms with E-state index in [1.165, 1.54) is 11.2 Å². The number of ketones is 1. The van der Waals surface area contributed by atoms with Gasteiger partial charge in [0.1, 0.15) is 11.8 Å². The van der Waals surface area contributed by atoms with Crippen molar-refractivity contribution in [2.24, 2.45) is 5.92 Å². The highest BCUT2D eigenvalue weighted by atomic mass is 16.3. The number of aliphatic hydroxyl groups is 1. The standard InChI is InChI=1S/C24H22N2O4/c1-15(2)22(27)20-21(19-9-6-14-30-19)26(24(29)23(20)28)18-12-10-17(11-13-18)25-16-7-4-3-5-8-16/h3-15,21,25,28H,1-2H3.